The van der Waals surface area contributed by atoms with E-state index in [0.29, 0.717) is 5.82 Å². The van der Waals surface area contributed by atoms with Crippen LogP contribution in [0.1, 0.15) is 17.4 Å². The van der Waals surface area contributed by atoms with Crippen LogP contribution < -0.4 is 10.6 Å². The molecule has 2 heterocycles. The van der Waals surface area contributed by atoms with Crippen molar-refractivity contribution in [2.24, 2.45) is 0 Å². The zero-order chi connectivity index (χ0) is 19.0. The van der Waals surface area contributed by atoms with Crippen LogP contribution in [0.5, 0.6) is 0 Å². The lowest BCUT2D eigenvalue weighted by atomic mass is 10.1. The molecule has 0 aliphatic rings. The number of carbonyl (C=O) groups is 1. The van der Waals surface area contributed by atoms with E-state index in [4.69, 9.17) is 0 Å². The summed E-state index contributed by atoms with van der Waals surface area (Å²) in [6, 6.07) is 13.6. The topological polar surface area (TPSA) is 66.9 Å². The molecule has 0 bridgehead atoms. The molecule has 6 heteroatoms. The van der Waals surface area contributed by atoms with Gasteiger partial charge in [0.1, 0.15) is 23.0 Å². The van der Waals surface area contributed by atoms with Crippen molar-refractivity contribution in [2.45, 2.75) is 26.8 Å². The van der Waals surface area contributed by atoms with Gasteiger partial charge in [-0.2, -0.15) is 0 Å². The summed E-state index contributed by atoms with van der Waals surface area (Å²) in [4.78, 5) is 23.5. The standard InChI is InChI=1S/C21H20N4OS/c1-12-14(3)27-21-18(12)19(22-11-23-21)24-13(2)20(26)25-17-9-8-15-6-4-5-7-16(15)10-17/h4-11,13H,1-3H3,(H,25,26)(H,22,23,24)/t13-/m0/s1. The molecule has 0 radical (unpaired) electrons. The maximum Gasteiger partial charge on any atom is 0.246 e. The Bertz CT molecular complexity index is 1150. The molecule has 4 rings (SSSR count). The van der Waals surface area contributed by atoms with Gasteiger partial charge < -0.3 is 10.6 Å². The van der Waals surface area contributed by atoms with Crippen LogP contribution in [0.25, 0.3) is 21.0 Å². The quantitative estimate of drug-likeness (QED) is 0.532. The molecule has 0 unspecified atom stereocenters. The average Bonchev–Trinajstić information content (AvgIpc) is 2.96. The summed E-state index contributed by atoms with van der Waals surface area (Å²) in [5.74, 6) is 0.588. The van der Waals surface area contributed by atoms with Crippen LogP contribution in [0.4, 0.5) is 11.5 Å². The first kappa shape index (κ1) is 17.4. The van der Waals surface area contributed by atoms with Crippen LogP contribution in [-0.4, -0.2) is 21.9 Å². The van der Waals surface area contributed by atoms with Crippen LogP contribution in [0.15, 0.2) is 48.8 Å². The molecule has 1 amide bonds. The van der Waals surface area contributed by atoms with Crippen molar-refractivity contribution in [3.05, 3.63) is 59.2 Å². The molecule has 0 aliphatic carbocycles. The number of aromatic nitrogens is 2. The predicted molar refractivity (Wildman–Crippen MR) is 113 cm³/mol. The fraction of sp³-hybridized carbons (Fsp3) is 0.190. The number of fused-ring (bicyclic) bond motifs is 2. The van der Waals surface area contributed by atoms with Crippen molar-refractivity contribution in [3.63, 3.8) is 0 Å². The number of rotatable bonds is 4. The summed E-state index contributed by atoms with van der Waals surface area (Å²) >= 11 is 1.64. The van der Waals surface area contributed by atoms with Gasteiger partial charge in [-0.15, -0.1) is 11.3 Å². The fourth-order valence-electron chi connectivity index (χ4n) is 3.08. The Hall–Kier alpha value is -2.99. The second-order valence-electron chi connectivity index (χ2n) is 6.60. The van der Waals surface area contributed by atoms with Crippen molar-refractivity contribution in [3.8, 4) is 0 Å². The zero-order valence-corrected chi connectivity index (χ0v) is 16.2. The predicted octanol–water partition coefficient (Wildman–Crippen LogP) is 4.90. The van der Waals surface area contributed by atoms with Crippen LogP contribution >= 0.6 is 11.3 Å². The van der Waals surface area contributed by atoms with E-state index in [9.17, 15) is 4.79 Å². The molecule has 0 spiro atoms. The van der Waals surface area contributed by atoms with Crippen LogP contribution in [0.2, 0.25) is 0 Å². The smallest absolute Gasteiger partial charge is 0.246 e. The van der Waals surface area contributed by atoms with Crippen molar-refractivity contribution >= 4 is 49.7 Å². The number of anilines is 2. The van der Waals surface area contributed by atoms with Gasteiger partial charge in [-0.3, -0.25) is 4.79 Å². The highest BCUT2D eigenvalue weighted by atomic mass is 32.1. The Kier molecular flexibility index (Phi) is 4.49. The molecule has 2 aromatic heterocycles. The number of hydrogen-bond acceptors (Lipinski definition) is 5. The highest BCUT2D eigenvalue weighted by Crippen LogP contribution is 2.32. The van der Waals surface area contributed by atoms with Crippen molar-refractivity contribution in [1.29, 1.82) is 0 Å². The van der Waals surface area contributed by atoms with Gasteiger partial charge in [-0.25, -0.2) is 9.97 Å². The molecule has 4 aromatic rings. The zero-order valence-electron chi connectivity index (χ0n) is 15.4. The number of thiophene rings is 1. The van der Waals surface area contributed by atoms with E-state index >= 15 is 0 Å². The number of nitrogens with zero attached hydrogens (tertiary/aromatic N) is 2. The Labute approximate surface area is 161 Å². The van der Waals surface area contributed by atoms with Gasteiger partial charge in [0, 0.05) is 10.6 Å². The lowest BCUT2D eigenvalue weighted by molar-refractivity contribution is -0.116. The maximum absolute atomic E-state index is 12.7. The lowest BCUT2D eigenvalue weighted by Crippen LogP contribution is -2.32. The highest BCUT2D eigenvalue weighted by Gasteiger charge is 2.17. The van der Waals surface area contributed by atoms with E-state index in [1.807, 2.05) is 43.3 Å². The van der Waals surface area contributed by atoms with E-state index in [1.165, 1.54) is 11.2 Å². The number of hydrogen-bond donors (Lipinski definition) is 2. The number of aryl methyl sites for hydroxylation is 2. The molecule has 27 heavy (non-hydrogen) atoms. The normalized spacial score (nSPS) is 12.3. The third-order valence-corrected chi connectivity index (χ3v) is 5.84. The Balaban J connectivity index is 1.54. The molecule has 0 fully saturated rings. The third kappa shape index (κ3) is 3.36. The van der Waals surface area contributed by atoms with E-state index in [-0.39, 0.29) is 5.91 Å². The first-order valence-electron chi connectivity index (χ1n) is 8.80. The summed E-state index contributed by atoms with van der Waals surface area (Å²) in [5, 5.41) is 9.45. The van der Waals surface area contributed by atoms with Gasteiger partial charge in [-0.05, 0) is 49.2 Å². The average molecular weight is 376 g/mol. The molecule has 0 saturated carbocycles. The van der Waals surface area contributed by atoms with E-state index in [1.54, 1.807) is 11.3 Å². The summed E-state index contributed by atoms with van der Waals surface area (Å²) in [6.45, 7) is 5.96. The minimum absolute atomic E-state index is 0.110. The van der Waals surface area contributed by atoms with Gasteiger partial charge in [0.25, 0.3) is 0 Å². The monoisotopic (exact) mass is 376 g/mol. The minimum atomic E-state index is -0.436. The molecule has 136 valence electrons. The van der Waals surface area contributed by atoms with E-state index in [0.717, 1.165) is 32.2 Å². The van der Waals surface area contributed by atoms with Crippen LogP contribution in [0, 0.1) is 13.8 Å². The molecule has 2 aromatic carbocycles. The second kappa shape index (κ2) is 6.96. The Morgan fingerprint density at radius 1 is 1.07 bits per heavy atom. The third-order valence-electron chi connectivity index (χ3n) is 4.73. The fourth-order valence-corrected chi connectivity index (χ4v) is 4.08. The van der Waals surface area contributed by atoms with Crippen molar-refractivity contribution in [2.75, 3.05) is 10.6 Å². The van der Waals surface area contributed by atoms with Crippen LogP contribution in [-0.2, 0) is 4.79 Å². The van der Waals surface area contributed by atoms with Gasteiger partial charge >= 0.3 is 0 Å². The lowest BCUT2D eigenvalue weighted by Gasteiger charge is -2.15. The molecular weight excluding hydrogens is 356 g/mol. The SMILES string of the molecule is Cc1sc2ncnc(N[C@@H](C)C(=O)Nc3ccc4ccccc4c3)c2c1C. The van der Waals surface area contributed by atoms with Crippen molar-refractivity contribution in [1.82, 2.24) is 9.97 Å². The molecule has 0 aliphatic heterocycles. The minimum Gasteiger partial charge on any atom is -0.358 e. The summed E-state index contributed by atoms with van der Waals surface area (Å²) in [6.07, 6.45) is 1.54. The van der Waals surface area contributed by atoms with Crippen LogP contribution in [0.3, 0.4) is 0 Å². The van der Waals surface area contributed by atoms with Gasteiger partial charge in [0.15, 0.2) is 0 Å². The van der Waals surface area contributed by atoms with Gasteiger partial charge in [0.2, 0.25) is 5.91 Å². The molecule has 5 nitrogen and oxygen atoms in total. The molecule has 0 saturated heterocycles. The summed E-state index contributed by atoms with van der Waals surface area (Å²) in [5.41, 5.74) is 1.93. The molecular formula is C21H20N4OS. The van der Waals surface area contributed by atoms with Crippen molar-refractivity contribution < 1.29 is 4.79 Å². The number of nitrogens with one attached hydrogen (secondary N) is 2. The van der Waals surface area contributed by atoms with E-state index in [2.05, 4.69) is 40.5 Å². The summed E-state index contributed by atoms with van der Waals surface area (Å²) in [7, 11) is 0. The summed E-state index contributed by atoms with van der Waals surface area (Å²) < 4.78 is 0. The molecule has 1 atom stereocenters. The number of benzene rings is 2. The van der Waals surface area contributed by atoms with E-state index < -0.39 is 6.04 Å². The highest BCUT2D eigenvalue weighted by molar-refractivity contribution is 7.18. The largest absolute Gasteiger partial charge is 0.358 e. The Morgan fingerprint density at radius 2 is 1.85 bits per heavy atom. The number of amides is 1. The van der Waals surface area contributed by atoms with Gasteiger partial charge in [0.05, 0.1) is 5.39 Å². The van der Waals surface area contributed by atoms with Gasteiger partial charge in [-0.1, -0.05) is 30.3 Å². The first-order valence-corrected chi connectivity index (χ1v) is 9.61. The molecule has 2 N–H and O–H groups in total. The maximum atomic E-state index is 12.7. The second-order valence-corrected chi connectivity index (χ2v) is 7.81. The first-order chi connectivity index (χ1) is 13.0. The number of carbonyl (C=O) groups excluding carboxylic acids is 1. The Morgan fingerprint density at radius 3 is 2.67 bits per heavy atom.